The van der Waals surface area contributed by atoms with Crippen molar-refractivity contribution in [3.05, 3.63) is 0 Å². The van der Waals surface area contributed by atoms with E-state index in [0.29, 0.717) is 0 Å². The number of nitrogens with one attached hydrogen (secondary N) is 1. The number of likely N-dealkylation sites (tertiary alicyclic amines) is 1. The average molecular weight is 240 g/mol. The number of hydrogen-bond acceptors (Lipinski definition) is 3. The second kappa shape index (κ2) is 6.36. The molecule has 2 fully saturated rings. The first kappa shape index (κ1) is 12.8. The van der Waals surface area contributed by atoms with Gasteiger partial charge in [0.1, 0.15) is 6.61 Å². The van der Waals surface area contributed by atoms with Crippen molar-refractivity contribution < 1.29 is 9.53 Å². The molecule has 0 atom stereocenters. The summed E-state index contributed by atoms with van der Waals surface area (Å²) in [6, 6.07) is 0. The van der Waals surface area contributed by atoms with Crippen LogP contribution < -0.4 is 5.32 Å². The van der Waals surface area contributed by atoms with E-state index in [1.807, 2.05) is 4.90 Å². The van der Waals surface area contributed by atoms with Gasteiger partial charge in [-0.3, -0.25) is 4.79 Å². The molecule has 2 aliphatic heterocycles. The summed E-state index contributed by atoms with van der Waals surface area (Å²) in [6.07, 6.45) is 4.99. The lowest BCUT2D eigenvalue weighted by Crippen LogP contribution is -2.43. The molecule has 4 heteroatoms. The Hall–Kier alpha value is -0.610. The van der Waals surface area contributed by atoms with E-state index in [0.717, 1.165) is 24.9 Å². The van der Waals surface area contributed by atoms with Crippen LogP contribution in [-0.2, 0) is 9.53 Å². The number of carbonyl (C=O) groups excluding carboxylic acids is 1. The number of nitrogens with zero attached hydrogens (tertiary/aromatic N) is 1. The van der Waals surface area contributed by atoms with Crippen molar-refractivity contribution in [2.75, 3.05) is 39.9 Å². The molecule has 0 bridgehead atoms. The van der Waals surface area contributed by atoms with E-state index in [9.17, 15) is 4.79 Å². The van der Waals surface area contributed by atoms with Crippen molar-refractivity contribution in [1.82, 2.24) is 10.2 Å². The van der Waals surface area contributed by atoms with Gasteiger partial charge in [0.05, 0.1) is 0 Å². The van der Waals surface area contributed by atoms with Gasteiger partial charge in [-0.05, 0) is 50.6 Å². The fourth-order valence-corrected chi connectivity index (χ4v) is 3.15. The summed E-state index contributed by atoms with van der Waals surface area (Å²) in [4.78, 5) is 13.6. The van der Waals surface area contributed by atoms with E-state index in [1.54, 1.807) is 7.11 Å². The van der Waals surface area contributed by atoms with Crippen LogP contribution in [0.1, 0.15) is 25.7 Å². The van der Waals surface area contributed by atoms with Crippen LogP contribution in [0.5, 0.6) is 0 Å². The SMILES string of the molecule is COCC(=O)N1CCC(C2CCNCC2)CC1. The molecule has 0 saturated carbocycles. The van der Waals surface area contributed by atoms with E-state index in [-0.39, 0.29) is 12.5 Å². The minimum absolute atomic E-state index is 0.149. The molecule has 0 spiro atoms. The largest absolute Gasteiger partial charge is 0.375 e. The molecule has 0 aromatic carbocycles. The van der Waals surface area contributed by atoms with Crippen LogP contribution in [0.3, 0.4) is 0 Å². The Labute approximate surface area is 104 Å². The van der Waals surface area contributed by atoms with Crippen molar-refractivity contribution in [3.8, 4) is 0 Å². The topological polar surface area (TPSA) is 41.6 Å². The molecule has 0 aromatic heterocycles. The highest BCUT2D eigenvalue weighted by atomic mass is 16.5. The first-order valence-electron chi connectivity index (χ1n) is 6.78. The van der Waals surface area contributed by atoms with E-state index in [2.05, 4.69) is 5.32 Å². The molecule has 17 heavy (non-hydrogen) atoms. The number of amides is 1. The molecule has 0 aromatic rings. The molecule has 0 radical (unpaired) electrons. The van der Waals surface area contributed by atoms with Crippen LogP contribution in [0, 0.1) is 11.8 Å². The van der Waals surface area contributed by atoms with Crippen molar-refractivity contribution >= 4 is 5.91 Å². The number of rotatable bonds is 3. The highest BCUT2D eigenvalue weighted by Crippen LogP contribution is 2.30. The van der Waals surface area contributed by atoms with Gasteiger partial charge in [0.2, 0.25) is 5.91 Å². The first-order chi connectivity index (χ1) is 8.31. The maximum atomic E-state index is 11.7. The van der Waals surface area contributed by atoms with Gasteiger partial charge < -0.3 is 15.0 Å². The van der Waals surface area contributed by atoms with Crippen LogP contribution >= 0.6 is 0 Å². The molecule has 1 amide bonds. The average Bonchev–Trinajstić information content (AvgIpc) is 2.40. The Kier molecular flexibility index (Phi) is 4.80. The fourth-order valence-electron chi connectivity index (χ4n) is 3.15. The number of hydrogen-bond donors (Lipinski definition) is 1. The number of methoxy groups -OCH3 is 1. The number of piperidine rings is 2. The van der Waals surface area contributed by atoms with Gasteiger partial charge in [-0.15, -0.1) is 0 Å². The molecule has 4 nitrogen and oxygen atoms in total. The summed E-state index contributed by atoms with van der Waals surface area (Å²) in [5.41, 5.74) is 0. The predicted molar refractivity (Wildman–Crippen MR) is 66.8 cm³/mol. The zero-order chi connectivity index (χ0) is 12.1. The molecule has 2 heterocycles. The predicted octanol–water partition coefficient (Wildman–Crippen LogP) is 0.871. The Bertz CT molecular complexity index is 244. The third-order valence-electron chi connectivity index (χ3n) is 4.21. The second-order valence-electron chi connectivity index (χ2n) is 5.24. The molecular weight excluding hydrogens is 216 g/mol. The van der Waals surface area contributed by atoms with E-state index in [4.69, 9.17) is 4.74 Å². The quantitative estimate of drug-likeness (QED) is 0.796. The summed E-state index contributed by atoms with van der Waals surface area (Å²) in [7, 11) is 1.58. The minimum atomic E-state index is 0.149. The van der Waals surface area contributed by atoms with Crippen molar-refractivity contribution in [1.29, 1.82) is 0 Å². The van der Waals surface area contributed by atoms with Gasteiger partial charge >= 0.3 is 0 Å². The van der Waals surface area contributed by atoms with Crippen molar-refractivity contribution in [2.45, 2.75) is 25.7 Å². The maximum Gasteiger partial charge on any atom is 0.248 e. The molecule has 0 aliphatic carbocycles. The van der Waals surface area contributed by atoms with Gasteiger partial charge in [-0.1, -0.05) is 0 Å². The molecule has 2 saturated heterocycles. The van der Waals surface area contributed by atoms with Gasteiger partial charge in [0, 0.05) is 20.2 Å². The lowest BCUT2D eigenvalue weighted by molar-refractivity contribution is -0.136. The smallest absolute Gasteiger partial charge is 0.248 e. The summed E-state index contributed by atoms with van der Waals surface area (Å²) < 4.78 is 4.90. The van der Waals surface area contributed by atoms with Gasteiger partial charge in [-0.25, -0.2) is 0 Å². The Morgan fingerprint density at radius 3 is 2.35 bits per heavy atom. The molecule has 1 N–H and O–H groups in total. The Morgan fingerprint density at radius 2 is 1.76 bits per heavy atom. The van der Waals surface area contributed by atoms with Crippen LogP contribution in [0.15, 0.2) is 0 Å². The molecular formula is C13H24N2O2. The Morgan fingerprint density at radius 1 is 1.18 bits per heavy atom. The fraction of sp³-hybridized carbons (Fsp3) is 0.923. The van der Waals surface area contributed by atoms with Crippen LogP contribution in [0.4, 0.5) is 0 Å². The highest BCUT2D eigenvalue weighted by Gasteiger charge is 2.28. The lowest BCUT2D eigenvalue weighted by atomic mass is 9.79. The summed E-state index contributed by atoms with van der Waals surface area (Å²) in [5, 5.41) is 3.42. The summed E-state index contributed by atoms with van der Waals surface area (Å²) in [6.45, 7) is 4.44. The van der Waals surface area contributed by atoms with Crippen LogP contribution in [-0.4, -0.2) is 50.7 Å². The molecule has 2 rings (SSSR count). The monoisotopic (exact) mass is 240 g/mol. The van der Waals surface area contributed by atoms with Gasteiger partial charge in [0.15, 0.2) is 0 Å². The number of ether oxygens (including phenoxy) is 1. The lowest BCUT2D eigenvalue weighted by Gasteiger charge is -2.37. The van der Waals surface area contributed by atoms with Crippen LogP contribution in [0.25, 0.3) is 0 Å². The first-order valence-corrected chi connectivity index (χ1v) is 6.78. The zero-order valence-electron chi connectivity index (χ0n) is 10.8. The molecule has 98 valence electrons. The summed E-state index contributed by atoms with van der Waals surface area (Å²) >= 11 is 0. The molecule has 2 aliphatic rings. The van der Waals surface area contributed by atoms with E-state index in [1.165, 1.54) is 38.8 Å². The van der Waals surface area contributed by atoms with Crippen LogP contribution in [0.2, 0.25) is 0 Å². The number of carbonyl (C=O) groups is 1. The minimum Gasteiger partial charge on any atom is -0.375 e. The van der Waals surface area contributed by atoms with Crippen molar-refractivity contribution in [2.24, 2.45) is 11.8 Å². The van der Waals surface area contributed by atoms with Gasteiger partial charge in [0.25, 0.3) is 0 Å². The Balaban J connectivity index is 1.75. The zero-order valence-corrected chi connectivity index (χ0v) is 10.8. The van der Waals surface area contributed by atoms with Gasteiger partial charge in [-0.2, -0.15) is 0 Å². The van der Waals surface area contributed by atoms with E-state index < -0.39 is 0 Å². The third-order valence-corrected chi connectivity index (χ3v) is 4.21. The second-order valence-corrected chi connectivity index (χ2v) is 5.24. The maximum absolute atomic E-state index is 11.7. The van der Waals surface area contributed by atoms with E-state index >= 15 is 0 Å². The van der Waals surface area contributed by atoms with Crippen molar-refractivity contribution in [3.63, 3.8) is 0 Å². The third kappa shape index (κ3) is 3.42. The standard InChI is InChI=1S/C13H24N2O2/c1-17-10-13(16)15-8-4-12(5-9-15)11-2-6-14-7-3-11/h11-12,14H,2-10H2,1H3. The molecule has 0 unspecified atom stereocenters. The highest BCUT2D eigenvalue weighted by molar-refractivity contribution is 5.77. The normalized spacial score (nSPS) is 23.9. The summed E-state index contributed by atoms with van der Waals surface area (Å²) in [5.74, 6) is 1.87.